The van der Waals surface area contributed by atoms with Crippen LogP contribution in [0.4, 0.5) is 5.69 Å². The fourth-order valence-corrected chi connectivity index (χ4v) is 2.77. The van der Waals surface area contributed by atoms with Crippen molar-refractivity contribution in [3.63, 3.8) is 0 Å². The van der Waals surface area contributed by atoms with E-state index in [1.807, 2.05) is 0 Å². The van der Waals surface area contributed by atoms with E-state index in [2.05, 4.69) is 61.5 Å². The molecule has 3 heteroatoms. The summed E-state index contributed by atoms with van der Waals surface area (Å²) in [5, 5.41) is 3.64. The first-order chi connectivity index (χ1) is 8.50. The molecule has 1 aliphatic rings. The lowest BCUT2D eigenvalue weighted by atomic mass is 9.85. The van der Waals surface area contributed by atoms with Gasteiger partial charge in [-0.05, 0) is 35.9 Å². The topological polar surface area (TPSA) is 15.3 Å². The minimum absolute atomic E-state index is 0.317. The number of hydrogen-bond acceptors (Lipinski definition) is 3. The van der Waals surface area contributed by atoms with Crippen LogP contribution in [0.2, 0.25) is 0 Å². The van der Waals surface area contributed by atoms with Crippen molar-refractivity contribution in [3.8, 4) is 0 Å². The Bertz CT molecular complexity index is 380. The van der Waals surface area contributed by atoms with E-state index >= 15 is 0 Å². The summed E-state index contributed by atoms with van der Waals surface area (Å²) in [5.74, 6) is 0. The van der Waals surface area contributed by atoms with Crippen LogP contribution in [0.3, 0.4) is 0 Å². The molecule has 1 fully saturated rings. The van der Waals surface area contributed by atoms with E-state index in [-0.39, 0.29) is 0 Å². The van der Waals surface area contributed by atoms with Gasteiger partial charge in [-0.2, -0.15) is 0 Å². The van der Waals surface area contributed by atoms with Crippen molar-refractivity contribution >= 4 is 17.4 Å². The van der Waals surface area contributed by atoms with Gasteiger partial charge < -0.3 is 10.2 Å². The maximum atomic E-state index is 3.64. The van der Waals surface area contributed by atoms with E-state index in [1.54, 1.807) is 11.8 Å². The van der Waals surface area contributed by atoms with Gasteiger partial charge in [0.15, 0.2) is 0 Å². The molecule has 1 unspecified atom stereocenters. The van der Waals surface area contributed by atoms with Crippen LogP contribution in [0, 0.1) is 5.41 Å². The standard InChI is InChI=1S/C15H24N2S/c1-15(2,3)14-11-17(10-9-16-14)12-5-7-13(18-4)8-6-12/h5-8,14,16H,9-11H2,1-4H3. The highest BCUT2D eigenvalue weighted by Gasteiger charge is 2.29. The largest absolute Gasteiger partial charge is 0.369 e. The van der Waals surface area contributed by atoms with Gasteiger partial charge in [-0.15, -0.1) is 11.8 Å². The molecule has 1 N–H and O–H groups in total. The van der Waals surface area contributed by atoms with Crippen LogP contribution in [0.5, 0.6) is 0 Å². The van der Waals surface area contributed by atoms with Gasteiger partial charge in [-0.25, -0.2) is 0 Å². The summed E-state index contributed by atoms with van der Waals surface area (Å²) in [6, 6.07) is 9.49. The van der Waals surface area contributed by atoms with Crippen molar-refractivity contribution in [1.29, 1.82) is 0 Å². The van der Waals surface area contributed by atoms with Gasteiger partial charge in [0.05, 0.1) is 0 Å². The Hall–Kier alpha value is -0.670. The highest BCUT2D eigenvalue weighted by molar-refractivity contribution is 7.98. The van der Waals surface area contributed by atoms with Crippen molar-refractivity contribution in [2.45, 2.75) is 31.7 Å². The molecule has 0 radical (unpaired) electrons. The zero-order valence-corrected chi connectivity index (χ0v) is 12.7. The van der Waals surface area contributed by atoms with Crippen molar-refractivity contribution in [3.05, 3.63) is 24.3 Å². The summed E-state index contributed by atoms with van der Waals surface area (Å²) in [6.45, 7) is 10.2. The lowest BCUT2D eigenvalue weighted by Crippen LogP contribution is -2.56. The second-order valence-corrected chi connectivity index (χ2v) is 6.90. The maximum Gasteiger partial charge on any atom is 0.0367 e. The first-order valence-electron chi connectivity index (χ1n) is 6.63. The first kappa shape index (κ1) is 13.8. The van der Waals surface area contributed by atoms with Gasteiger partial charge in [0.1, 0.15) is 0 Å². The number of rotatable bonds is 2. The average molecular weight is 264 g/mol. The van der Waals surface area contributed by atoms with Crippen molar-refractivity contribution in [2.24, 2.45) is 5.41 Å². The predicted octanol–water partition coefficient (Wildman–Crippen LogP) is 3.23. The Morgan fingerprint density at radius 3 is 2.44 bits per heavy atom. The molecule has 0 amide bonds. The molecule has 1 heterocycles. The van der Waals surface area contributed by atoms with Crippen LogP contribution in [0.15, 0.2) is 29.2 Å². The zero-order chi connectivity index (χ0) is 13.2. The molecule has 100 valence electrons. The molecule has 1 atom stereocenters. The van der Waals surface area contributed by atoms with E-state index in [0.29, 0.717) is 11.5 Å². The van der Waals surface area contributed by atoms with Gasteiger partial charge in [-0.3, -0.25) is 0 Å². The third kappa shape index (κ3) is 3.21. The summed E-state index contributed by atoms with van der Waals surface area (Å²) in [5.41, 5.74) is 1.67. The third-order valence-corrected chi connectivity index (χ3v) is 4.40. The molecule has 0 aliphatic carbocycles. The number of nitrogens with one attached hydrogen (secondary N) is 1. The number of thioether (sulfide) groups is 1. The summed E-state index contributed by atoms with van der Waals surface area (Å²) in [7, 11) is 0. The summed E-state index contributed by atoms with van der Waals surface area (Å²) in [4.78, 5) is 3.83. The van der Waals surface area contributed by atoms with E-state index in [4.69, 9.17) is 0 Å². The van der Waals surface area contributed by atoms with Gasteiger partial charge in [0.2, 0.25) is 0 Å². The predicted molar refractivity (Wildman–Crippen MR) is 81.7 cm³/mol. The molecule has 1 saturated heterocycles. The monoisotopic (exact) mass is 264 g/mol. The first-order valence-corrected chi connectivity index (χ1v) is 7.85. The lowest BCUT2D eigenvalue weighted by Gasteiger charge is -2.41. The average Bonchev–Trinajstić information content (AvgIpc) is 2.38. The molecule has 0 bridgehead atoms. The second kappa shape index (κ2) is 5.54. The molecule has 1 aromatic rings. The van der Waals surface area contributed by atoms with Crippen LogP contribution < -0.4 is 10.2 Å². The van der Waals surface area contributed by atoms with Gasteiger partial charge in [0, 0.05) is 36.3 Å². The summed E-state index contributed by atoms with van der Waals surface area (Å²) >= 11 is 1.80. The van der Waals surface area contributed by atoms with Gasteiger partial charge in [-0.1, -0.05) is 20.8 Å². The van der Waals surface area contributed by atoms with Crippen molar-refractivity contribution in [2.75, 3.05) is 30.8 Å². The van der Waals surface area contributed by atoms with Crippen LogP contribution in [0.1, 0.15) is 20.8 Å². The molecule has 2 nitrogen and oxygen atoms in total. The summed E-state index contributed by atoms with van der Waals surface area (Å²) in [6.07, 6.45) is 2.12. The normalized spacial score (nSPS) is 21.1. The fraction of sp³-hybridized carbons (Fsp3) is 0.600. The molecule has 0 spiro atoms. The highest BCUT2D eigenvalue weighted by Crippen LogP contribution is 2.26. The van der Waals surface area contributed by atoms with Gasteiger partial charge >= 0.3 is 0 Å². The molecular weight excluding hydrogens is 240 g/mol. The Morgan fingerprint density at radius 1 is 1.22 bits per heavy atom. The van der Waals surface area contributed by atoms with Crippen LogP contribution in [-0.2, 0) is 0 Å². The smallest absolute Gasteiger partial charge is 0.0367 e. The quantitative estimate of drug-likeness (QED) is 0.826. The lowest BCUT2D eigenvalue weighted by molar-refractivity contribution is 0.254. The molecule has 2 rings (SSSR count). The Labute approximate surface area is 115 Å². The molecule has 0 saturated carbocycles. The SMILES string of the molecule is CSc1ccc(N2CCNC(C(C)(C)C)C2)cc1. The highest BCUT2D eigenvalue weighted by atomic mass is 32.2. The van der Waals surface area contributed by atoms with Crippen LogP contribution in [0.25, 0.3) is 0 Å². The Kier molecular flexibility index (Phi) is 4.23. The van der Waals surface area contributed by atoms with E-state index in [1.165, 1.54) is 10.6 Å². The maximum absolute atomic E-state index is 3.64. The fourth-order valence-electron chi connectivity index (χ4n) is 2.36. The zero-order valence-electron chi connectivity index (χ0n) is 11.9. The minimum Gasteiger partial charge on any atom is -0.369 e. The number of hydrogen-bond donors (Lipinski definition) is 1. The Balaban J connectivity index is 2.08. The number of benzene rings is 1. The molecule has 1 aliphatic heterocycles. The minimum atomic E-state index is 0.317. The number of anilines is 1. The van der Waals surface area contributed by atoms with Crippen LogP contribution in [-0.4, -0.2) is 31.9 Å². The van der Waals surface area contributed by atoms with Crippen molar-refractivity contribution < 1.29 is 0 Å². The second-order valence-electron chi connectivity index (χ2n) is 6.02. The molecule has 1 aromatic carbocycles. The Morgan fingerprint density at radius 2 is 1.89 bits per heavy atom. The number of piperazine rings is 1. The third-order valence-electron chi connectivity index (χ3n) is 3.66. The molecular formula is C15H24N2S. The van der Waals surface area contributed by atoms with E-state index in [9.17, 15) is 0 Å². The summed E-state index contributed by atoms with van der Waals surface area (Å²) < 4.78 is 0. The number of nitrogens with zero attached hydrogens (tertiary/aromatic N) is 1. The van der Waals surface area contributed by atoms with Gasteiger partial charge in [0.25, 0.3) is 0 Å². The van der Waals surface area contributed by atoms with Crippen molar-refractivity contribution in [1.82, 2.24) is 5.32 Å². The molecule has 0 aromatic heterocycles. The van der Waals surface area contributed by atoms with E-state index in [0.717, 1.165) is 19.6 Å². The van der Waals surface area contributed by atoms with E-state index < -0.39 is 0 Å². The van der Waals surface area contributed by atoms with Crippen LogP contribution >= 0.6 is 11.8 Å². The molecule has 18 heavy (non-hydrogen) atoms.